The van der Waals surface area contributed by atoms with Crippen LogP contribution >= 0.6 is 11.3 Å². The Bertz CT molecular complexity index is 891. The average Bonchev–Trinajstić information content (AvgIpc) is 3.09. The predicted octanol–water partition coefficient (Wildman–Crippen LogP) is 3.78. The molecule has 0 radical (unpaired) electrons. The van der Waals surface area contributed by atoms with E-state index >= 15 is 0 Å². The molecule has 2 aromatic carbocycles. The van der Waals surface area contributed by atoms with E-state index in [2.05, 4.69) is 15.5 Å². The molecule has 1 heterocycles. The summed E-state index contributed by atoms with van der Waals surface area (Å²) < 4.78 is 10.6. The maximum atomic E-state index is 12.3. The molecule has 1 amide bonds. The molecule has 128 valence electrons. The Labute approximate surface area is 149 Å². The van der Waals surface area contributed by atoms with Gasteiger partial charge in [0.2, 0.25) is 5.13 Å². The molecule has 25 heavy (non-hydrogen) atoms. The number of hydrogen-bond donors (Lipinski definition) is 1. The highest BCUT2D eigenvalue weighted by atomic mass is 32.1. The summed E-state index contributed by atoms with van der Waals surface area (Å²) in [6, 6.07) is 12.8. The number of amides is 1. The van der Waals surface area contributed by atoms with Gasteiger partial charge in [0, 0.05) is 11.6 Å². The molecule has 0 spiro atoms. The Kier molecular flexibility index (Phi) is 4.95. The van der Waals surface area contributed by atoms with E-state index in [4.69, 9.17) is 9.47 Å². The Morgan fingerprint density at radius 1 is 1.04 bits per heavy atom. The summed E-state index contributed by atoms with van der Waals surface area (Å²) in [6.45, 7) is 1.97. The van der Waals surface area contributed by atoms with Crippen LogP contribution in [0.4, 0.5) is 5.13 Å². The molecular formula is C18H17N3O3S. The molecule has 0 fully saturated rings. The number of nitrogens with zero attached hydrogens (tertiary/aromatic N) is 2. The second kappa shape index (κ2) is 7.31. The normalized spacial score (nSPS) is 10.4. The Morgan fingerprint density at radius 2 is 1.80 bits per heavy atom. The van der Waals surface area contributed by atoms with Crippen molar-refractivity contribution >= 4 is 22.4 Å². The number of hydrogen-bond acceptors (Lipinski definition) is 6. The minimum Gasteiger partial charge on any atom is -0.497 e. The van der Waals surface area contributed by atoms with Gasteiger partial charge in [-0.25, -0.2) is 0 Å². The molecule has 7 heteroatoms. The summed E-state index contributed by atoms with van der Waals surface area (Å²) >= 11 is 1.28. The number of benzene rings is 2. The fraction of sp³-hybridized carbons (Fsp3) is 0.167. The van der Waals surface area contributed by atoms with Crippen LogP contribution in [0.5, 0.6) is 11.5 Å². The van der Waals surface area contributed by atoms with Gasteiger partial charge in [-0.05, 0) is 31.2 Å². The Hall–Kier alpha value is -2.93. The number of anilines is 1. The third-order valence-electron chi connectivity index (χ3n) is 3.60. The summed E-state index contributed by atoms with van der Waals surface area (Å²) in [4.78, 5) is 12.3. The standard InChI is InChI=1S/C18H17N3O3S/c1-11-4-6-12(7-5-11)16(22)19-18-21-20-17(25-18)14-9-8-13(23-2)10-15(14)24-3/h4-10H,1-3H3,(H,19,21,22). The van der Waals surface area contributed by atoms with Crippen molar-refractivity contribution in [3.8, 4) is 22.1 Å². The third kappa shape index (κ3) is 3.77. The van der Waals surface area contributed by atoms with Crippen LogP contribution in [-0.4, -0.2) is 30.3 Å². The molecule has 0 unspecified atom stereocenters. The zero-order valence-electron chi connectivity index (χ0n) is 14.1. The van der Waals surface area contributed by atoms with E-state index in [-0.39, 0.29) is 5.91 Å². The van der Waals surface area contributed by atoms with Crippen molar-refractivity contribution in [3.63, 3.8) is 0 Å². The molecule has 0 saturated heterocycles. The Morgan fingerprint density at radius 3 is 2.48 bits per heavy atom. The Balaban J connectivity index is 1.81. The van der Waals surface area contributed by atoms with Gasteiger partial charge in [0.1, 0.15) is 11.5 Å². The monoisotopic (exact) mass is 355 g/mol. The highest BCUT2D eigenvalue weighted by Crippen LogP contribution is 2.36. The van der Waals surface area contributed by atoms with Crippen molar-refractivity contribution in [2.75, 3.05) is 19.5 Å². The molecule has 3 aromatic rings. The summed E-state index contributed by atoms with van der Waals surface area (Å²) in [7, 11) is 3.18. The molecule has 3 rings (SSSR count). The second-order valence-corrected chi connectivity index (χ2v) is 6.28. The van der Waals surface area contributed by atoms with E-state index in [9.17, 15) is 4.79 Å². The van der Waals surface area contributed by atoms with Gasteiger partial charge in [0.15, 0.2) is 5.01 Å². The number of aromatic nitrogens is 2. The van der Waals surface area contributed by atoms with Crippen LogP contribution in [0.3, 0.4) is 0 Å². The summed E-state index contributed by atoms with van der Waals surface area (Å²) in [5.74, 6) is 1.11. The molecule has 0 aliphatic heterocycles. The van der Waals surface area contributed by atoms with Crippen LogP contribution in [0.15, 0.2) is 42.5 Å². The van der Waals surface area contributed by atoms with Crippen molar-refractivity contribution < 1.29 is 14.3 Å². The molecule has 0 saturated carbocycles. The van der Waals surface area contributed by atoms with Gasteiger partial charge in [0.05, 0.1) is 19.8 Å². The van der Waals surface area contributed by atoms with Crippen LogP contribution in [0.1, 0.15) is 15.9 Å². The van der Waals surface area contributed by atoms with Crippen molar-refractivity contribution in [3.05, 3.63) is 53.6 Å². The highest BCUT2D eigenvalue weighted by Gasteiger charge is 2.15. The first-order valence-electron chi connectivity index (χ1n) is 7.54. The average molecular weight is 355 g/mol. The lowest BCUT2D eigenvalue weighted by atomic mass is 10.1. The number of rotatable bonds is 5. The molecule has 0 bridgehead atoms. The predicted molar refractivity (Wildman–Crippen MR) is 97.6 cm³/mol. The van der Waals surface area contributed by atoms with Crippen LogP contribution in [-0.2, 0) is 0 Å². The fourth-order valence-electron chi connectivity index (χ4n) is 2.23. The largest absolute Gasteiger partial charge is 0.497 e. The number of carbonyl (C=O) groups is 1. The van der Waals surface area contributed by atoms with Crippen molar-refractivity contribution in [2.24, 2.45) is 0 Å². The van der Waals surface area contributed by atoms with Crippen LogP contribution < -0.4 is 14.8 Å². The lowest BCUT2D eigenvalue weighted by molar-refractivity contribution is 0.102. The van der Waals surface area contributed by atoms with Crippen molar-refractivity contribution in [1.29, 1.82) is 0 Å². The maximum Gasteiger partial charge on any atom is 0.257 e. The molecule has 1 N–H and O–H groups in total. The van der Waals surface area contributed by atoms with Gasteiger partial charge in [-0.2, -0.15) is 0 Å². The summed E-state index contributed by atoms with van der Waals surface area (Å²) in [6.07, 6.45) is 0. The van der Waals surface area contributed by atoms with E-state index in [1.54, 1.807) is 32.4 Å². The molecular weight excluding hydrogens is 338 g/mol. The first-order valence-corrected chi connectivity index (χ1v) is 8.36. The fourth-order valence-corrected chi connectivity index (χ4v) is 3.00. The van der Waals surface area contributed by atoms with E-state index in [1.165, 1.54) is 11.3 Å². The first kappa shape index (κ1) is 16.9. The summed E-state index contributed by atoms with van der Waals surface area (Å²) in [5, 5.41) is 12.0. The highest BCUT2D eigenvalue weighted by molar-refractivity contribution is 7.18. The maximum absolute atomic E-state index is 12.3. The zero-order chi connectivity index (χ0) is 17.8. The lowest BCUT2D eigenvalue weighted by Gasteiger charge is -2.07. The zero-order valence-corrected chi connectivity index (χ0v) is 14.9. The molecule has 0 aliphatic rings. The third-order valence-corrected chi connectivity index (χ3v) is 4.47. The number of nitrogens with one attached hydrogen (secondary N) is 1. The van der Waals surface area contributed by atoms with E-state index in [0.29, 0.717) is 27.2 Å². The van der Waals surface area contributed by atoms with Gasteiger partial charge in [0.25, 0.3) is 5.91 Å². The van der Waals surface area contributed by atoms with Crippen molar-refractivity contribution in [1.82, 2.24) is 10.2 Å². The quantitative estimate of drug-likeness (QED) is 0.754. The summed E-state index contributed by atoms with van der Waals surface area (Å²) in [5.41, 5.74) is 2.46. The van der Waals surface area contributed by atoms with Gasteiger partial charge in [-0.3, -0.25) is 10.1 Å². The minimum absolute atomic E-state index is 0.218. The van der Waals surface area contributed by atoms with Crippen LogP contribution in [0.2, 0.25) is 0 Å². The number of aryl methyl sites for hydroxylation is 1. The van der Waals surface area contributed by atoms with Gasteiger partial charge in [-0.1, -0.05) is 29.0 Å². The minimum atomic E-state index is -0.218. The van der Waals surface area contributed by atoms with E-state index < -0.39 is 0 Å². The number of carbonyl (C=O) groups excluding carboxylic acids is 1. The molecule has 0 atom stereocenters. The first-order chi connectivity index (χ1) is 12.1. The van der Waals surface area contributed by atoms with Gasteiger partial charge >= 0.3 is 0 Å². The smallest absolute Gasteiger partial charge is 0.257 e. The van der Waals surface area contributed by atoms with Gasteiger partial charge < -0.3 is 9.47 Å². The molecule has 0 aliphatic carbocycles. The van der Waals surface area contributed by atoms with Gasteiger partial charge in [-0.15, -0.1) is 10.2 Å². The van der Waals surface area contributed by atoms with Crippen LogP contribution in [0.25, 0.3) is 10.6 Å². The SMILES string of the molecule is COc1ccc(-c2nnc(NC(=O)c3ccc(C)cc3)s2)c(OC)c1. The van der Waals surface area contributed by atoms with E-state index in [0.717, 1.165) is 11.1 Å². The number of ether oxygens (including phenoxy) is 2. The molecule has 1 aromatic heterocycles. The molecule has 6 nitrogen and oxygen atoms in total. The second-order valence-electron chi connectivity index (χ2n) is 5.30. The van der Waals surface area contributed by atoms with Crippen molar-refractivity contribution in [2.45, 2.75) is 6.92 Å². The van der Waals surface area contributed by atoms with Crippen LogP contribution in [0, 0.1) is 6.92 Å². The van der Waals surface area contributed by atoms with E-state index in [1.807, 2.05) is 31.2 Å². The number of methoxy groups -OCH3 is 2. The lowest BCUT2D eigenvalue weighted by Crippen LogP contribution is -2.11. The topological polar surface area (TPSA) is 73.3 Å².